The molecule has 0 saturated heterocycles. The zero-order chi connectivity index (χ0) is 18.1. The molecule has 2 aromatic heterocycles. The lowest BCUT2D eigenvalue weighted by molar-refractivity contribution is 0.0954. The summed E-state index contributed by atoms with van der Waals surface area (Å²) in [5, 5.41) is 6.15. The van der Waals surface area contributed by atoms with Crippen LogP contribution in [0.15, 0.2) is 24.5 Å². The molecule has 0 bridgehead atoms. The average molecular weight is 372 g/mol. The quantitative estimate of drug-likeness (QED) is 0.666. The van der Waals surface area contributed by atoms with E-state index in [4.69, 9.17) is 0 Å². The molecule has 3 aromatic rings. The highest BCUT2D eigenvalue weighted by Crippen LogP contribution is 2.37. The van der Waals surface area contributed by atoms with Crippen molar-refractivity contribution in [3.8, 4) is 0 Å². The summed E-state index contributed by atoms with van der Waals surface area (Å²) in [6.07, 6.45) is 2.21. The van der Waals surface area contributed by atoms with Gasteiger partial charge in [-0.2, -0.15) is 0 Å². The van der Waals surface area contributed by atoms with Gasteiger partial charge in [0.05, 0.1) is 0 Å². The summed E-state index contributed by atoms with van der Waals surface area (Å²) < 4.78 is 13.5. The number of amides is 1. The summed E-state index contributed by atoms with van der Waals surface area (Å²) in [4.78, 5) is 28.0. The van der Waals surface area contributed by atoms with Crippen LogP contribution in [0.1, 0.15) is 15.4 Å². The van der Waals surface area contributed by atoms with Gasteiger partial charge in [-0.05, 0) is 37.2 Å². The topological polar surface area (TPSA) is 83.0 Å². The third-order valence-electron chi connectivity index (χ3n) is 4.22. The number of carbonyl (C=O) groups is 1. The molecule has 0 unspecified atom stereocenters. The number of fused-ring (bicyclic) bond motifs is 2. The van der Waals surface area contributed by atoms with Gasteiger partial charge < -0.3 is 15.5 Å². The minimum absolute atomic E-state index is 0.224. The highest BCUT2D eigenvalue weighted by Gasteiger charge is 2.25. The Bertz CT molecular complexity index is 975. The fraction of sp³-hybridized carbons (Fsp3) is 0.294. The molecule has 1 aromatic carbocycles. The number of nitrogens with one attached hydrogen (secondary N) is 2. The van der Waals surface area contributed by atoms with E-state index in [1.165, 1.54) is 23.7 Å². The maximum atomic E-state index is 13.5. The molecule has 4 rings (SSSR count). The van der Waals surface area contributed by atoms with Crippen LogP contribution in [0.2, 0.25) is 0 Å². The number of nitrogens with zero attached hydrogens (tertiary/aromatic N) is 4. The van der Waals surface area contributed by atoms with Crippen molar-refractivity contribution < 1.29 is 9.18 Å². The first-order valence-electron chi connectivity index (χ1n) is 8.27. The number of hydrogen-bond donors (Lipinski definition) is 2. The standard InChI is InChI=1S/C17H17FN6OS/c1-19-5-6-20-15(25)17-23-13-14(21-9-22-16(13)26-17)24-7-4-10-8-11(18)2-3-12(10)24/h2-3,8-9,19H,4-7H2,1H3,(H,20,25). The van der Waals surface area contributed by atoms with E-state index in [1.54, 1.807) is 12.1 Å². The highest BCUT2D eigenvalue weighted by atomic mass is 32.1. The number of likely N-dealkylation sites (N-methyl/N-ethyl adjacent to an activating group) is 1. The van der Waals surface area contributed by atoms with Crippen LogP contribution >= 0.6 is 11.3 Å². The number of hydrogen-bond acceptors (Lipinski definition) is 7. The van der Waals surface area contributed by atoms with Gasteiger partial charge >= 0.3 is 0 Å². The summed E-state index contributed by atoms with van der Waals surface area (Å²) in [5.41, 5.74) is 2.45. The Labute approximate surface area is 153 Å². The smallest absolute Gasteiger partial charge is 0.280 e. The molecule has 0 fully saturated rings. The Balaban J connectivity index is 1.68. The van der Waals surface area contributed by atoms with Crippen LogP contribution in [0, 0.1) is 5.82 Å². The van der Waals surface area contributed by atoms with E-state index in [0.29, 0.717) is 40.8 Å². The Hall–Kier alpha value is -2.65. The number of benzene rings is 1. The Morgan fingerprint density at radius 2 is 2.23 bits per heavy atom. The van der Waals surface area contributed by atoms with Crippen molar-refractivity contribution >= 4 is 39.1 Å². The second-order valence-corrected chi connectivity index (χ2v) is 6.88. The van der Waals surface area contributed by atoms with Crippen molar-refractivity contribution in [3.05, 3.63) is 40.9 Å². The number of halogens is 1. The molecule has 7 nitrogen and oxygen atoms in total. The van der Waals surface area contributed by atoms with Crippen molar-refractivity contribution in [1.82, 2.24) is 25.6 Å². The third kappa shape index (κ3) is 2.99. The predicted octanol–water partition coefficient (Wildman–Crippen LogP) is 1.87. The summed E-state index contributed by atoms with van der Waals surface area (Å²) in [5.74, 6) is 0.177. The maximum Gasteiger partial charge on any atom is 0.280 e. The van der Waals surface area contributed by atoms with Crippen molar-refractivity contribution in [3.63, 3.8) is 0 Å². The number of rotatable bonds is 5. The second-order valence-electron chi connectivity index (χ2n) is 5.90. The minimum Gasteiger partial charge on any atom is -0.349 e. The molecule has 9 heteroatoms. The molecule has 134 valence electrons. The summed E-state index contributed by atoms with van der Waals surface area (Å²) in [6.45, 7) is 1.89. The lowest BCUT2D eigenvalue weighted by Gasteiger charge is -2.18. The zero-order valence-electron chi connectivity index (χ0n) is 14.1. The largest absolute Gasteiger partial charge is 0.349 e. The molecule has 3 heterocycles. The molecule has 0 radical (unpaired) electrons. The van der Waals surface area contributed by atoms with Gasteiger partial charge in [-0.3, -0.25) is 4.79 Å². The van der Waals surface area contributed by atoms with Gasteiger partial charge in [0.15, 0.2) is 10.8 Å². The average Bonchev–Trinajstić information content (AvgIpc) is 3.25. The lowest BCUT2D eigenvalue weighted by atomic mass is 10.2. The van der Waals surface area contributed by atoms with Gasteiger partial charge in [-0.15, -0.1) is 0 Å². The molecule has 1 aliphatic rings. The number of thiazole rings is 1. The van der Waals surface area contributed by atoms with Crippen molar-refractivity contribution in [1.29, 1.82) is 0 Å². The van der Waals surface area contributed by atoms with Crippen molar-refractivity contribution in [2.45, 2.75) is 6.42 Å². The molecular formula is C17H17FN6OS. The van der Waals surface area contributed by atoms with E-state index in [2.05, 4.69) is 25.6 Å². The summed E-state index contributed by atoms with van der Waals surface area (Å²) in [7, 11) is 1.82. The molecule has 1 aliphatic heterocycles. The van der Waals surface area contributed by atoms with Crippen LogP contribution in [0.3, 0.4) is 0 Å². The van der Waals surface area contributed by atoms with Gasteiger partial charge in [-0.1, -0.05) is 11.3 Å². The summed E-state index contributed by atoms with van der Waals surface area (Å²) in [6, 6.07) is 4.75. The molecule has 1 amide bonds. The maximum absolute atomic E-state index is 13.5. The number of carbonyl (C=O) groups excluding carboxylic acids is 1. The van der Waals surface area contributed by atoms with Crippen LogP contribution in [-0.2, 0) is 6.42 Å². The van der Waals surface area contributed by atoms with E-state index in [9.17, 15) is 9.18 Å². The Kier molecular flexibility index (Phi) is 4.48. The van der Waals surface area contributed by atoms with Gasteiger partial charge in [0.1, 0.15) is 22.5 Å². The third-order valence-corrected chi connectivity index (χ3v) is 5.19. The van der Waals surface area contributed by atoms with Gasteiger partial charge in [-0.25, -0.2) is 19.3 Å². The molecule has 2 N–H and O–H groups in total. The van der Waals surface area contributed by atoms with Crippen LogP contribution in [0.5, 0.6) is 0 Å². The molecule has 0 aliphatic carbocycles. The second kappa shape index (κ2) is 6.93. The first-order chi connectivity index (χ1) is 12.7. The number of anilines is 2. The van der Waals surface area contributed by atoms with E-state index in [0.717, 1.165) is 17.7 Å². The van der Waals surface area contributed by atoms with Gasteiger partial charge in [0, 0.05) is 25.3 Å². The Morgan fingerprint density at radius 1 is 1.35 bits per heavy atom. The molecule has 0 saturated carbocycles. The molecule has 26 heavy (non-hydrogen) atoms. The normalized spacial score (nSPS) is 13.2. The predicted molar refractivity (Wildman–Crippen MR) is 98.6 cm³/mol. The highest BCUT2D eigenvalue weighted by molar-refractivity contribution is 7.19. The molecule has 0 spiro atoms. The van der Waals surface area contributed by atoms with Crippen LogP contribution in [-0.4, -0.2) is 47.5 Å². The van der Waals surface area contributed by atoms with Gasteiger partial charge in [0.25, 0.3) is 5.91 Å². The molecule has 0 atom stereocenters. The zero-order valence-corrected chi connectivity index (χ0v) is 14.9. The first kappa shape index (κ1) is 16.8. The van der Waals surface area contributed by atoms with E-state index < -0.39 is 0 Å². The fourth-order valence-corrected chi connectivity index (χ4v) is 3.82. The van der Waals surface area contributed by atoms with E-state index in [1.807, 2.05) is 11.9 Å². The van der Waals surface area contributed by atoms with E-state index >= 15 is 0 Å². The van der Waals surface area contributed by atoms with E-state index in [-0.39, 0.29) is 11.7 Å². The summed E-state index contributed by atoms with van der Waals surface area (Å²) >= 11 is 1.24. The van der Waals surface area contributed by atoms with Crippen LogP contribution in [0.25, 0.3) is 10.3 Å². The minimum atomic E-state index is -0.243. The molecular weight excluding hydrogens is 355 g/mol. The number of aromatic nitrogens is 3. The Morgan fingerprint density at radius 3 is 3.08 bits per heavy atom. The van der Waals surface area contributed by atoms with Crippen LogP contribution in [0.4, 0.5) is 15.9 Å². The lowest BCUT2D eigenvalue weighted by Crippen LogP contribution is -2.30. The SMILES string of the molecule is CNCCNC(=O)c1nc2c(N3CCc4cc(F)ccc43)ncnc2s1. The monoisotopic (exact) mass is 372 g/mol. The van der Waals surface area contributed by atoms with Crippen LogP contribution < -0.4 is 15.5 Å². The first-order valence-corrected chi connectivity index (χ1v) is 9.09. The van der Waals surface area contributed by atoms with Gasteiger partial charge in [0.2, 0.25) is 0 Å². The fourth-order valence-electron chi connectivity index (χ4n) is 3.00. The van der Waals surface area contributed by atoms with Crippen molar-refractivity contribution in [2.75, 3.05) is 31.6 Å². The van der Waals surface area contributed by atoms with Crippen molar-refractivity contribution in [2.24, 2.45) is 0 Å².